The summed E-state index contributed by atoms with van der Waals surface area (Å²) in [6.45, 7) is 2.45. The predicted molar refractivity (Wildman–Crippen MR) is 123 cm³/mol. The lowest BCUT2D eigenvalue weighted by molar-refractivity contribution is -0.116. The number of anilines is 1. The number of halogens is 2. The van der Waals surface area contributed by atoms with Gasteiger partial charge in [-0.2, -0.15) is 4.31 Å². The Balaban J connectivity index is 1.39. The lowest BCUT2D eigenvalue weighted by atomic mass is 10.0. The molecule has 2 fully saturated rings. The van der Waals surface area contributed by atoms with Gasteiger partial charge in [0.1, 0.15) is 5.82 Å². The summed E-state index contributed by atoms with van der Waals surface area (Å²) in [6, 6.07) is 11.1. The lowest BCUT2D eigenvalue weighted by Crippen LogP contribution is -2.28. The summed E-state index contributed by atoms with van der Waals surface area (Å²) >= 11 is 6.23. The van der Waals surface area contributed by atoms with E-state index in [1.807, 2.05) is 0 Å². The second-order valence-electron chi connectivity index (χ2n) is 8.30. The predicted octanol–water partition coefficient (Wildman–Crippen LogP) is 4.43. The van der Waals surface area contributed by atoms with Gasteiger partial charge in [-0.1, -0.05) is 23.7 Å². The molecule has 0 bridgehead atoms. The fraction of sp³-hybridized carbons (Fsp3) is 0.435. The highest BCUT2D eigenvalue weighted by Gasteiger charge is 2.28. The van der Waals surface area contributed by atoms with E-state index in [1.165, 1.54) is 34.6 Å². The molecule has 2 aromatic carbocycles. The van der Waals surface area contributed by atoms with E-state index >= 15 is 0 Å². The molecule has 9 heteroatoms. The summed E-state index contributed by atoms with van der Waals surface area (Å²) in [4.78, 5) is 15.0. The quantitative estimate of drug-likeness (QED) is 0.637. The van der Waals surface area contributed by atoms with Crippen molar-refractivity contribution in [1.82, 2.24) is 9.21 Å². The van der Waals surface area contributed by atoms with Crippen LogP contribution in [-0.2, 0) is 14.8 Å². The van der Waals surface area contributed by atoms with Crippen molar-refractivity contribution in [2.24, 2.45) is 0 Å². The topological polar surface area (TPSA) is 69.7 Å². The van der Waals surface area contributed by atoms with Crippen molar-refractivity contribution in [1.29, 1.82) is 0 Å². The van der Waals surface area contributed by atoms with E-state index < -0.39 is 10.0 Å². The first-order chi connectivity index (χ1) is 15.3. The number of hydrogen-bond donors (Lipinski definition) is 1. The van der Waals surface area contributed by atoms with Crippen molar-refractivity contribution in [2.45, 2.75) is 43.0 Å². The van der Waals surface area contributed by atoms with Crippen molar-refractivity contribution < 1.29 is 17.6 Å². The van der Waals surface area contributed by atoms with Crippen molar-refractivity contribution in [2.75, 3.05) is 31.5 Å². The molecule has 2 aliphatic rings. The fourth-order valence-electron chi connectivity index (χ4n) is 4.45. The second kappa shape index (κ2) is 9.87. The molecule has 32 heavy (non-hydrogen) atoms. The SMILES string of the molecule is O=C(CCN1CCCC1c1ccc(F)cc1)Nc1cc(S(=O)(=O)N2CCCC2)ccc1Cl. The number of hydrogen-bond acceptors (Lipinski definition) is 4. The standard InChI is InChI=1S/C23H27ClFN3O3S/c24-20-10-9-19(32(30,31)28-13-1-2-14-28)16-21(20)26-23(29)11-15-27-12-3-4-22(27)17-5-7-18(25)8-6-17/h5-10,16,22H,1-4,11-15H2,(H,26,29). The molecule has 1 atom stereocenters. The molecule has 2 heterocycles. The van der Waals surface area contributed by atoms with Crippen LogP contribution < -0.4 is 5.32 Å². The number of carbonyl (C=O) groups excluding carboxylic acids is 1. The second-order valence-corrected chi connectivity index (χ2v) is 10.6. The van der Waals surface area contributed by atoms with Crippen LogP contribution in [0.4, 0.5) is 10.1 Å². The maximum Gasteiger partial charge on any atom is 0.243 e. The maximum absolute atomic E-state index is 13.2. The van der Waals surface area contributed by atoms with Gasteiger partial charge >= 0.3 is 0 Å². The van der Waals surface area contributed by atoms with Crippen LogP contribution in [0.5, 0.6) is 0 Å². The zero-order chi connectivity index (χ0) is 22.7. The van der Waals surface area contributed by atoms with Gasteiger partial charge in [0.05, 0.1) is 15.6 Å². The summed E-state index contributed by atoms with van der Waals surface area (Å²) < 4.78 is 40.3. The number of rotatable bonds is 7. The number of sulfonamides is 1. The highest BCUT2D eigenvalue weighted by Crippen LogP contribution is 2.32. The molecule has 4 rings (SSSR count). The average molecular weight is 480 g/mol. The summed E-state index contributed by atoms with van der Waals surface area (Å²) in [5, 5.41) is 3.06. The number of carbonyl (C=O) groups is 1. The van der Waals surface area contributed by atoms with E-state index in [4.69, 9.17) is 11.6 Å². The van der Waals surface area contributed by atoms with Crippen molar-refractivity contribution in [3.05, 3.63) is 58.9 Å². The Morgan fingerprint density at radius 3 is 2.50 bits per heavy atom. The Morgan fingerprint density at radius 1 is 1.06 bits per heavy atom. The first-order valence-electron chi connectivity index (χ1n) is 10.9. The minimum atomic E-state index is -3.59. The normalized spacial score (nSPS) is 20.0. The fourth-order valence-corrected chi connectivity index (χ4v) is 6.16. The van der Waals surface area contributed by atoms with Crippen LogP contribution in [0, 0.1) is 5.82 Å². The Hall–Kier alpha value is -2.00. The first kappa shape index (κ1) is 23.2. The zero-order valence-corrected chi connectivity index (χ0v) is 19.3. The zero-order valence-electron chi connectivity index (χ0n) is 17.8. The molecule has 1 unspecified atom stereocenters. The van der Waals surface area contributed by atoms with Gasteiger partial charge in [-0.3, -0.25) is 9.69 Å². The summed E-state index contributed by atoms with van der Waals surface area (Å²) in [5.41, 5.74) is 1.35. The number of benzene rings is 2. The molecule has 2 aliphatic heterocycles. The maximum atomic E-state index is 13.2. The van der Waals surface area contributed by atoms with Crippen LogP contribution in [0.25, 0.3) is 0 Å². The third-order valence-corrected chi connectivity index (χ3v) is 8.38. The lowest BCUT2D eigenvalue weighted by Gasteiger charge is -2.24. The van der Waals surface area contributed by atoms with Crippen molar-refractivity contribution >= 4 is 33.2 Å². The Labute approximate surface area is 193 Å². The minimum absolute atomic E-state index is 0.134. The molecule has 2 saturated heterocycles. The van der Waals surface area contributed by atoms with Gasteiger partial charge in [0.25, 0.3) is 0 Å². The number of nitrogens with one attached hydrogen (secondary N) is 1. The third-order valence-electron chi connectivity index (χ3n) is 6.16. The van der Waals surface area contributed by atoms with Crippen LogP contribution in [-0.4, -0.2) is 49.7 Å². The van der Waals surface area contributed by atoms with Crippen molar-refractivity contribution in [3.63, 3.8) is 0 Å². The summed E-state index contributed by atoms with van der Waals surface area (Å²) in [6.07, 6.45) is 3.94. The van der Waals surface area contributed by atoms with E-state index in [0.717, 1.165) is 37.8 Å². The molecule has 0 saturated carbocycles. The third kappa shape index (κ3) is 5.14. The molecule has 1 N–H and O–H groups in total. The van der Waals surface area contributed by atoms with Gasteiger partial charge in [-0.05, 0) is 68.1 Å². The Kier molecular flexibility index (Phi) is 7.14. The van der Waals surface area contributed by atoms with Gasteiger partial charge in [0.15, 0.2) is 0 Å². The molecule has 2 aromatic rings. The smallest absolute Gasteiger partial charge is 0.243 e. The molecule has 0 radical (unpaired) electrons. The molecule has 6 nitrogen and oxygen atoms in total. The van der Waals surface area contributed by atoms with Crippen LogP contribution in [0.3, 0.4) is 0 Å². The van der Waals surface area contributed by atoms with Crippen LogP contribution >= 0.6 is 11.6 Å². The Morgan fingerprint density at radius 2 is 1.78 bits per heavy atom. The van der Waals surface area contributed by atoms with Gasteiger partial charge in [-0.15, -0.1) is 0 Å². The van der Waals surface area contributed by atoms with Gasteiger partial charge < -0.3 is 5.32 Å². The highest BCUT2D eigenvalue weighted by molar-refractivity contribution is 7.89. The van der Waals surface area contributed by atoms with Crippen molar-refractivity contribution in [3.8, 4) is 0 Å². The molecule has 172 valence electrons. The minimum Gasteiger partial charge on any atom is -0.325 e. The van der Waals surface area contributed by atoms with Gasteiger partial charge in [-0.25, -0.2) is 12.8 Å². The van der Waals surface area contributed by atoms with E-state index in [0.29, 0.717) is 30.3 Å². The van der Waals surface area contributed by atoms with Crippen LogP contribution in [0.1, 0.15) is 43.7 Å². The number of amides is 1. The van der Waals surface area contributed by atoms with Gasteiger partial charge in [0, 0.05) is 32.1 Å². The molecular weight excluding hydrogens is 453 g/mol. The number of nitrogens with zero attached hydrogens (tertiary/aromatic N) is 2. The largest absolute Gasteiger partial charge is 0.325 e. The van der Waals surface area contributed by atoms with E-state index in [1.54, 1.807) is 12.1 Å². The monoisotopic (exact) mass is 479 g/mol. The van der Waals surface area contributed by atoms with Crippen LogP contribution in [0.2, 0.25) is 5.02 Å². The van der Waals surface area contributed by atoms with E-state index in [-0.39, 0.29) is 29.1 Å². The summed E-state index contributed by atoms with van der Waals surface area (Å²) in [5.74, 6) is -0.490. The molecule has 0 aliphatic carbocycles. The van der Waals surface area contributed by atoms with E-state index in [9.17, 15) is 17.6 Å². The number of likely N-dealkylation sites (tertiary alicyclic amines) is 1. The van der Waals surface area contributed by atoms with E-state index in [2.05, 4.69) is 10.2 Å². The van der Waals surface area contributed by atoms with Gasteiger partial charge in [0.2, 0.25) is 15.9 Å². The first-order valence-corrected chi connectivity index (χ1v) is 12.8. The summed E-state index contributed by atoms with van der Waals surface area (Å²) in [7, 11) is -3.59. The average Bonchev–Trinajstić information content (AvgIpc) is 3.47. The molecule has 0 spiro atoms. The molecular formula is C23H27ClFN3O3S. The van der Waals surface area contributed by atoms with Crippen LogP contribution in [0.15, 0.2) is 47.4 Å². The molecule has 0 aromatic heterocycles. The highest BCUT2D eigenvalue weighted by atomic mass is 35.5. The molecule has 1 amide bonds. The Bertz CT molecular complexity index is 1070.